The molecule has 0 saturated heterocycles. The normalized spacial score (nSPS) is 11.4. The Labute approximate surface area is 222 Å². The van der Waals surface area contributed by atoms with Gasteiger partial charge in [-0.05, 0) is 54.1 Å². The molecule has 0 spiro atoms. The average Bonchev–Trinajstić information content (AvgIpc) is 2.96. The zero-order valence-corrected chi connectivity index (χ0v) is 21.8. The fraction of sp³-hybridized carbons (Fsp3) is 0.226. The van der Waals surface area contributed by atoms with Gasteiger partial charge < -0.3 is 24.8 Å². The maximum atomic E-state index is 13.2. The molecule has 0 aliphatic heterocycles. The number of fused-ring (bicyclic) bond motifs is 1. The van der Waals surface area contributed by atoms with E-state index in [1.807, 2.05) is 67.6 Å². The Morgan fingerprint density at radius 2 is 1.55 bits per heavy atom. The first kappa shape index (κ1) is 26.5. The molecule has 4 aromatic rings. The van der Waals surface area contributed by atoms with E-state index in [1.165, 1.54) is 0 Å². The molecule has 4 rings (SSSR count). The minimum Gasteiger partial charge on any atom is -0.493 e. The van der Waals surface area contributed by atoms with Crippen molar-refractivity contribution in [2.24, 2.45) is 0 Å². The first-order chi connectivity index (χ1) is 18.5. The second-order valence-electron chi connectivity index (χ2n) is 8.72. The molecular formula is C31H32N2O5. The molecule has 4 aromatic carbocycles. The van der Waals surface area contributed by atoms with Crippen LogP contribution in [0.3, 0.4) is 0 Å². The summed E-state index contributed by atoms with van der Waals surface area (Å²) in [5.74, 6) is 1.35. The van der Waals surface area contributed by atoms with Crippen molar-refractivity contribution in [3.63, 3.8) is 0 Å². The Kier molecular flexibility index (Phi) is 8.82. The molecule has 2 N–H and O–H groups in total. The number of hydrogen-bond acceptors (Lipinski definition) is 5. The summed E-state index contributed by atoms with van der Waals surface area (Å²) in [6, 6.07) is 26.3. The molecule has 1 unspecified atom stereocenters. The Bertz CT molecular complexity index is 1410. The summed E-state index contributed by atoms with van der Waals surface area (Å²) in [5.41, 5.74) is 1.81. The number of amides is 2. The van der Waals surface area contributed by atoms with Crippen LogP contribution in [-0.4, -0.2) is 38.7 Å². The molecule has 7 heteroatoms. The van der Waals surface area contributed by atoms with Gasteiger partial charge in [-0.15, -0.1) is 0 Å². The van der Waals surface area contributed by atoms with Crippen molar-refractivity contribution < 1.29 is 23.8 Å². The summed E-state index contributed by atoms with van der Waals surface area (Å²) in [6.07, 6.45) is 0.355. The van der Waals surface area contributed by atoms with E-state index in [2.05, 4.69) is 10.6 Å². The SMILES string of the molecule is CCC(Oc1cccc2ccccc12)C(=O)Nc1ccccc1C(=O)NCCc1ccc(OC)c(OC)c1. The van der Waals surface area contributed by atoms with Gasteiger partial charge >= 0.3 is 0 Å². The lowest BCUT2D eigenvalue weighted by Gasteiger charge is -2.19. The number of methoxy groups -OCH3 is 2. The van der Waals surface area contributed by atoms with E-state index in [0.29, 0.717) is 47.9 Å². The lowest BCUT2D eigenvalue weighted by Crippen LogP contribution is -2.33. The molecule has 0 heterocycles. The summed E-state index contributed by atoms with van der Waals surface area (Å²) in [5, 5.41) is 7.81. The van der Waals surface area contributed by atoms with Crippen LogP contribution in [0.15, 0.2) is 84.9 Å². The number of benzene rings is 4. The first-order valence-electron chi connectivity index (χ1n) is 12.6. The molecular weight excluding hydrogens is 480 g/mol. The fourth-order valence-electron chi connectivity index (χ4n) is 4.23. The number of anilines is 1. The van der Waals surface area contributed by atoms with Crippen LogP contribution in [0.25, 0.3) is 10.8 Å². The number of ether oxygens (including phenoxy) is 3. The van der Waals surface area contributed by atoms with Crippen LogP contribution < -0.4 is 24.8 Å². The van der Waals surface area contributed by atoms with Crippen LogP contribution in [0.4, 0.5) is 5.69 Å². The molecule has 0 saturated carbocycles. The third kappa shape index (κ3) is 6.24. The van der Waals surface area contributed by atoms with E-state index >= 15 is 0 Å². The second-order valence-corrected chi connectivity index (χ2v) is 8.72. The van der Waals surface area contributed by atoms with Crippen molar-refractivity contribution in [1.82, 2.24) is 5.32 Å². The number of carbonyl (C=O) groups excluding carboxylic acids is 2. The molecule has 7 nitrogen and oxygen atoms in total. The third-order valence-corrected chi connectivity index (χ3v) is 6.26. The van der Waals surface area contributed by atoms with Gasteiger partial charge in [0.15, 0.2) is 17.6 Å². The van der Waals surface area contributed by atoms with Crippen molar-refractivity contribution in [3.8, 4) is 17.2 Å². The highest BCUT2D eigenvalue weighted by atomic mass is 16.5. The summed E-state index contributed by atoms with van der Waals surface area (Å²) in [7, 11) is 3.18. The summed E-state index contributed by atoms with van der Waals surface area (Å²) in [4.78, 5) is 26.2. The largest absolute Gasteiger partial charge is 0.493 e. The first-order valence-corrected chi connectivity index (χ1v) is 12.6. The number of hydrogen-bond donors (Lipinski definition) is 2. The second kappa shape index (κ2) is 12.6. The van der Waals surface area contributed by atoms with E-state index in [1.54, 1.807) is 38.5 Å². The van der Waals surface area contributed by atoms with E-state index in [4.69, 9.17) is 14.2 Å². The summed E-state index contributed by atoms with van der Waals surface area (Å²) < 4.78 is 16.8. The number of carbonyl (C=O) groups is 2. The molecule has 2 amide bonds. The van der Waals surface area contributed by atoms with Gasteiger partial charge in [0.1, 0.15) is 5.75 Å². The van der Waals surface area contributed by atoms with Gasteiger partial charge in [0.25, 0.3) is 11.8 Å². The Morgan fingerprint density at radius 3 is 2.34 bits per heavy atom. The molecule has 1 atom stereocenters. The highest BCUT2D eigenvalue weighted by Crippen LogP contribution is 2.28. The summed E-state index contributed by atoms with van der Waals surface area (Å²) >= 11 is 0. The highest BCUT2D eigenvalue weighted by molar-refractivity contribution is 6.04. The van der Waals surface area contributed by atoms with Crippen molar-refractivity contribution >= 4 is 28.3 Å². The maximum Gasteiger partial charge on any atom is 0.265 e. The Morgan fingerprint density at radius 1 is 0.816 bits per heavy atom. The highest BCUT2D eigenvalue weighted by Gasteiger charge is 2.21. The van der Waals surface area contributed by atoms with Gasteiger partial charge in [-0.3, -0.25) is 9.59 Å². The fourth-order valence-corrected chi connectivity index (χ4v) is 4.23. The molecule has 38 heavy (non-hydrogen) atoms. The van der Waals surface area contributed by atoms with Gasteiger partial charge in [-0.1, -0.05) is 61.5 Å². The van der Waals surface area contributed by atoms with E-state index in [0.717, 1.165) is 16.3 Å². The van der Waals surface area contributed by atoms with Crippen molar-refractivity contribution in [2.75, 3.05) is 26.1 Å². The van der Waals surface area contributed by atoms with Crippen molar-refractivity contribution in [3.05, 3.63) is 96.1 Å². The van der Waals surface area contributed by atoms with E-state index in [-0.39, 0.29) is 11.8 Å². The van der Waals surface area contributed by atoms with Crippen molar-refractivity contribution in [2.45, 2.75) is 25.9 Å². The standard InChI is InChI=1S/C31H32N2O5/c1-4-26(38-27-15-9-11-22-10-5-6-12-23(22)27)31(35)33-25-14-8-7-13-24(25)30(34)32-19-18-21-16-17-28(36-2)29(20-21)37-3/h5-17,20,26H,4,18-19H2,1-3H3,(H,32,34)(H,33,35). The zero-order chi connectivity index (χ0) is 26.9. The Balaban J connectivity index is 1.41. The van der Waals surface area contributed by atoms with Crippen LogP contribution in [0.5, 0.6) is 17.2 Å². The van der Waals surface area contributed by atoms with Crippen molar-refractivity contribution in [1.29, 1.82) is 0 Å². The van der Waals surface area contributed by atoms with Gasteiger partial charge in [0.05, 0.1) is 25.5 Å². The van der Waals surface area contributed by atoms with Crippen LogP contribution >= 0.6 is 0 Å². The molecule has 0 aromatic heterocycles. The topological polar surface area (TPSA) is 85.9 Å². The van der Waals surface area contributed by atoms with E-state index < -0.39 is 6.10 Å². The molecule has 0 radical (unpaired) electrons. The predicted molar refractivity (Wildman–Crippen MR) is 149 cm³/mol. The predicted octanol–water partition coefficient (Wildman–Crippen LogP) is 5.63. The maximum absolute atomic E-state index is 13.2. The molecule has 196 valence electrons. The molecule has 0 fully saturated rings. The van der Waals surface area contributed by atoms with E-state index in [9.17, 15) is 9.59 Å². The van der Waals surface area contributed by atoms with Crippen LogP contribution in [0.2, 0.25) is 0 Å². The minimum atomic E-state index is -0.720. The van der Waals surface area contributed by atoms with Crippen LogP contribution in [0, 0.1) is 0 Å². The monoisotopic (exact) mass is 512 g/mol. The van der Waals surface area contributed by atoms with Gasteiger partial charge in [0.2, 0.25) is 0 Å². The lowest BCUT2D eigenvalue weighted by atomic mass is 10.1. The minimum absolute atomic E-state index is 0.274. The molecule has 0 aliphatic carbocycles. The third-order valence-electron chi connectivity index (χ3n) is 6.26. The smallest absolute Gasteiger partial charge is 0.265 e. The Hall–Kier alpha value is -4.52. The zero-order valence-electron chi connectivity index (χ0n) is 21.8. The van der Waals surface area contributed by atoms with Gasteiger partial charge in [0, 0.05) is 11.9 Å². The quantitative estimate of drug-likeness (QED) is 0.272. The van der Waals surface area contributed by atoms with Gasteiger partial charge in [-0.25, -0.2) is 0 Å². The van der Waals surface area contributed by atoms with Crippen LogP contribution in [0.1, 0.15) is 29.3 Å². The van der Waals surface area contributed by atoms with Gasteiger partial charge in [-0.2, -0.15) is 0 Å². The van der Waals surface area contributed by atoms with Crippen LogP contribution in [-0.2, 0) is 11.2 Å². The molecule has 0 aliphatic rings. The average molecular weight is 513 g/mol. The lowest BCUT2D eigenvalue weighted by molar-refractivity contribution is -0.122. The molecule has 0 bridgehead atoms. The number of rotatable bonds is 11. The summed E-state index contributed by atoms with van der Waals surface area (Å²) in [6.45, 7) is 2.31. The number of nitrogens with one attached hydrogen (secondary N) is 2. The number of para-hydroxylation sites is 1.